The summed E-state index contributed by atoms with van der Waals surface area (Å²) in [7, 11) is 0. The Morgan fingerprint density at radius 3 is 2.47 bits per heavy atom. The van der Waals surface area contributed by atoms with Gasteiger partial charge in [0.1, 0.15) is 0 Å². The van der Waals surface area contributed by atoms with Crippen molar-refractivity contribution in [3.8, 4) is 0 Å². The molecule has 0 aromatic carbocycles. The van der Waals surface area contributed by atoms with Gasteiger partial charge in [0.05, 0.1) is 0 Å². The van der Waals surface area contributed by atoms with Crippen LogP contribution in [-0.2, 0) is 4.79 Å². The number of rotatable bonds is 5. The highest BCUT2D eigenvalue weighted by Crippen LogP contribution is 2.40. The molecule has 0 aromatic rings. The average Bonchev–Trinajstić information content (AvgIpc) is 3.28. The van der Waals surface area contributed by atoms with Crippen molar-refractivity contribution in [1.82, 2.24) is 10.2 Å². The molecule has 3 nitrogen and oxygen atoms in total. The van der Waals surface area contributed by atoms with E-state index in [0.717, 1.165) is 25.6 Å². The van der Waals surface area contributed by atoms with Crippen LogP contribution in [0.1, 0.15) is 52.4 Å². The molecule has 1 N–H and O–H groups in total. The molecule has 3 heteroatoms. The van der Waals surface area contributed by atoms with Crippen molar-refractivity contribution in [3.63, 3.8) is 0 Å². The van der Waals surface area contributed by atoms with Crippen molar-refractivity contribution < 1.29 is 4.79 Å². The van der Waals surface area contributed by atoms with Crippen LogP contribution in [0.5, 0.6) is 0 Å². The van der Waals surface area contributed by atoms with Crippen LogP contribution in [-0.4, -0.2) is 36.5 Å². The Kier molecular flexibility index (Phi) is 3.59. The lowest BCUT2D eigenvalue weighted by Crippen LogP contribution is -2.50. The smallest absolute Gasteiger partial charge is 0.228 e. The van der Waals surface area contributed by atoms with Gasteiger partial charge in [-0.25, -0.2) is 0 Å². The third-order valence-corrected chi connectivity index (χ3v) is 5.27. The van der Waals surface area contributed by atoms with Crippen LogP contribution >= 0.6 is 0 Å². The van der Waals surface area contributed by atoms with E-state index < -0.39 is 0 Å². The molecular formula is C16H28N2O. The number of nitrogens with one attached hydrogen (secondary N) is 1. The summed E-state index contributed by atoms with van der Waals surface area (Å²) >= 11 is 0. The maximum absolute atomic E-state index is 13.0. The molecule has 2 aliphatic carbocycles. The summed E-state index contributed by atoms with van der Waals surface area (Å²) in [6, 6.07) is 0.573. The minimum atomic E-state index is -0.190. The number of carbonyl (C=O) groups excluding carboxylic acids is 1. The van der Waals surface area contributed by atoms with Gasteiger partial charge in [-0.2, -0.15) is 0 Å². The fourth-order valence-corrected chi connectivity index (χ4v) is 3.38. The fraction of sp³-hybridized carbons (Fsp3) is 0.938. The standard InChI is InChI=1S/C16H28N2O/c1-16(2,13-4-3-9-17-10-13)15(19)18(14-7-8-14)11-12-5-6-12/h12-14,17H,3-11H2,1-2H3. The highest BCUT2D eigenvalue weighted by atomic mass is 16.2. The zero-order valence-corrected chi connectivity index (χ0v) is 12.5. The zero-order valence-electron chi connectivity index (χ0n) is 12.5. The maximum Gasteiger partial charge on any atom is 0.228 e. The van der Waals surface area contributed by atoms with E-state index in [1.807, 2.05) is 0 Å². The summed E-state index contributed by atoms with van der Waals surface area (Å²) in [5.74, 6) is 1.75. The molecule has 2 saturated carbocycles. The van der Waals surface area contributed by atoms with E-state index in [9.17, 15) is 4.79 Å². The summed E-state index contributed by atoms with van der Waals surface area (Å²) < 4.78 is 0. The van der Waals surface area contributed by atoms with E-state index in [1.165, 1.54) is 38.5 Å². The lowest BCUT2D eigenvalue weighted by Gasteiger charge is -2.40. The van der Waals surface area contributed by atoms with Gasteiger partial charge < -0.3 is 10.2 Å². The first-order valence-corrected chi connectivity index (χ1v) is 8.11. The first-order valence-electron chi connectivity index (χ1n) is 8.11. The molecule has 1 amide bonds. The predicted octanol–water partition coefficient (Wildman–Crippen LogP) is 2.41. The lowest BCUT2D eigenvalue weighted by molar-refractivity contribution is -0.144. The molecule has 1 saturated heterocycles. The summed E-state index contributed by atoms with van der Waals surface area (Å²) in [5.41, 5.74) is -0.190. The summed E-state index contributed by atoms with van der Waals surface area (Å²) in [6.45, 7) is 7.52. The Bertz CT molecular complexity index is 339. The molecule has 1 atom stereocenters. The number of nitrogens with zero attached hydrogens (tertiary/aromatic N) is 1. The Hall–Kier alpha value is -0.570. The molecule has 1 heterocycles. The van der Waals surface area contributed by atoms with Gasteiger partial charge in [0.25, 0.3) is 0 Å². The molecule has 3 aliphatic rings. The van der Waals surface area contributed by atoms with Gasteiger partial charge in [-0.05, 0) is 63.5 Å². The molecule has 0 aromatic heterocycles. The quantitative estimate of drug-likeness (QED) is 0.827. The van der Waals surface area contributed by atoms with Crippen LogP contribution < -0.4 is 5.32 Å². The van der Waals surface area contributed by atoms with Crippen molar-refractivity contribution in [2.75, 3.05) is 19.6 Å². The largest absolute Gasteiger partial charge is 0.339 e. The molecule has 0 radical (unpaired) electrons. The van der Waals surface area contributed by atoms with Crippen LogP contribution in [0.2, 0.25) is 0 Å². The van der Waals surface area contributed by atoms with Crippen LogP contribution in [0.3, 0.4) is 0 Å². The van der Waals surface area contributed by atoms with Crippen molar-refractivity contribution in [1.29, 1.82) is 0 Å². The van der Waals surface area contributed by atoms with E-state index in [4.69, 9.17) is 0 Å². The third-order valence-electron chi connectivity index (χ3n) is 5.27. The topological polar surface area (TPSA) is 32.3 Å². The molecule has 1 unspecified atom stereocenters. The van der Waals surface area contributed by atoms with Crippen molar-refractivity contribution in [3.05, 3.63) is 0 Å². The second kappa shape index (κ2) is 5.08. The van der Waals surface area contributed by atoms with E-state index in [0.29, 0.717) is 17.9 Å². The van der Waals surface area contributed by atoms with Crippen molar-refractivity contribution in [2.45, 2.75) is 58.4 Å². The van der Waals surface area contributed by atoms with Crippen LogP contribution in [0.15, 0.2) is 0 Å². The molecule has 108 valence electrons. The number of piperidine rings is 1. The Labute approximate surface area is 117 Å². The van der Waals surface area contributed by atoms with Gasteiger partial charge in [0.2, 0.25) is 5.91 Å². The monoisotopic (exact) mass is 264 g/mol. The highest BCUT2D eigenvalue weighted by molar-refractivity contribution is 5.83. The molecule has 1 aliphatic heterocycles. The molecule has 0 bridgehead atoms. The second-order valence-corrected chi connectivity index (χ2v) is 7.40. The normalized spacial score (nSPS) is 28.2. The summed E-state index contributed by atoms with van der Waals surface area (Å²) in [4.78, 5) is 15.2. The molecule has 0 spiro atoms. The Morgan fingerprint density at radius 1 is 1.21 bits per heavy atom. The van der Waals surface area contributed by atoms with Crippen molar-refractivity contribution in [2.24, 2.45) is 17.3 Å². The minimum absolute atomic E-state index is 0.190. The van der Waals surface area contributed by atoms with Crippen LogP contribution in [0, 0.1) is 17.3 Å². The minimum Gasteiger partial charge on any atom is -0.339 e. The third kappa shape index (κ3) is 2.96. The van der Waals surface area contributed by atoms with Gasteiger partial charge in [-0.3, -0.25) is 4.79 Å². The van der Waals surface area contributed by atoms with Crippen molar-refractivity contribution >= 4 is 5.91 Å². The van der Waals surface area contributed by atoms with Gasteiger partial charge >= 0.3 is 0 Å². The molecule has 3 rings (SSSR count). The second-order valence-electron chi connectivity index (χ2n) is 7.40. The summed E-state index contributed by atoms with van der Waals surface area (Å²) in [6.07, 6.45) is 7.56. The fourth-order valence-electron chi connectivity index (χ4n) is 3.38. The number of amides is 1. The molecular weight excluding hydrogens is 236 g/mol. The van der Waals surface area contributed by atoms with Crippen LogP contribution in [0.25, 0.3) is 0 Å². The Morgan fingerprint density at radius 2 is 1.95 bits per heavy atom. The predicted molar refractivity (Wildman–Crippen MR) is 76.8 cm³/mol. The van der Waals surface area contributed by atoms with Gasteiger partial charge in [0.15, 0.2) is 0 Å². The number of hydrogen-bond acceptors (Lipinski definition) is 2. The summed E-state index contributed by atoms with van der Waals surface area (Å²) in [5, 5.41) is 3.46. The van der Waals surface area contributed by atoms with E-state index in [1.54, 1.807) is 0 Å². The first kappa shape index (κ1) is 13.4. The lowest BCUT2D eigenvalue weighted by atomic mass is 9.74. The first-order chi connectivity index (χ1) is 9.09. The number of carbonyl (C=O) groups is 1. The average molecular weight is 264 g/mol. The number of hydrogen-bond donors (Lipinski definition) is 1. The molecule has 19 heavy (non-hydrogen) atoms. The Balaban J connectivity index is 1.67. The molecule has 3 fully saturated rings. The zero-order chi connectivity index (χ0) is 13.5. The van der Waals surface area contributed by atoms with Gasteiger partial charge in [-0.1, -0.05) is 13.8 Å². The van der Waals surface area contributed by atoms with Crippen LogP contribution in [0.4, 0.5) is 0 Å². The van der Waals surface area contributed by atoms with E-state index >= 15 is 0 Å². The van der Waals surface area contributed by atoms with E-state index in [2.05, 4.69) is 24.1 Å². The van der Waals surface area contributed by atoms with E-state index in [-0.39, 0.29) is 5.41 Å². The SMILES string of the molecule is CC(C)(C(=O)N(CC1CC1)C1CC1)C1CCCNC1. The van der Waals surface area contributed by atoms with Gasteiger partial charge in [0, 0.05) is 18.0 Å². The maximum atomic E-state index is 13.0. The van der Waals surface area contributed by atoms with Gasteiger partial charge in [-0.15, -0.1) is 0 Å². The highest BCUT2D eigenvalue weighted by Gasteiger charge is 2.45.